The molecule has 0 unspecified atom stereocenters. The first kappa shape index (κ1) is 23.7. The summed E-state index contributed by atoms with van der Waals surface area (Å²) in [5.41, 5.74) is 3.41. The van der Waals surface area contributed by atoms with Crippen molar-refractivity contribution in [1.82, 2.24) is 19.9 Å². The van der Waals surface area contributed by atoms with E-state index in [1.165, 1.54) is 16.5 Å². The zero-order valence-electron chi connectivity index (χ0n) is 20.8. The van der Waals surface area contributed by atoms with Gasteiger partial charge in [-0.15, -0.1) is 11.3 Å². The lowest BCUT2D eigenvalue weighted by atomic mass is 9.87. The highest BCUT2D eigenvalue weighted by Gasteiger charge is 2.35. The number of aromatic nitrogens is 3. The Morgan fingerprint density at radius 2 is 1.94 bits per heavy atom. The van der Waals surface area contributed by atoms with Crippen molar-refractivity contribution in [1.29, 1.82) is 0 Å². The zero-order chi connectivity index (χ0) is 23.7. The molecule has 3 aromatic heterocycles. The molecule has 2 aliphatic heterocycles. The van der Waals surface area contributed by atoms with Crippen LogP contribution in [-0.4, -0.2) is 77.9 Å². The van der Waals surface area contributed by atoms with Crippen LogP contribution in [-0.2, 0) is 22.5 Å². The maximum atomic E-state index is 6.39. The van der Waals surface area contributed by atoms with Gasteiger partial charge in [0.25, 0.3) is 0 Å². The van der Waals surface area contributed by atoms with E-state index < -0.39 is 0 Å². The van der Waals surface area contributed by atoms with Crippen molar-refractivity contribution in [3.05, 3.63) is 17.5 Å². The lowest BCUT2D eigenvalue weighted by Crippen LogP contribution is -2.40. The van der Waals surface area contributed by atoms with Crippen molar-refractivity contribution in [2.24, 2.45) is 0 Å². The fourth-order valence-electron chi connectivity index (χ4n) is 4.98. The van der Waals surface area contributed by atoms with E-state index >= 15 is 0 Å². The molecule has 2 aliphatic rings. The minimum atomic E-state index is -0.171. The second-order valence-electron chi connectivity index (χ2n) is 9.40. The van der Waals surface area contributed by atoms with Crippen LogP contribution in [0.3, 0.4) is 0 Å². The predicted octanol–water partition coefficient (Wildman–Crippen LogP) is 4.07. The average Bonchev–Trinajstić information content (AvgIpc) is 3.26. The third kappa shape index (κ3) is 4.34. The van der Waals surface area contributed by atoms with Crippen LogP contribution in [0.5, 0.6) is 0 Å². The topological polar surface area (TPSA) is 75.6 Å². The molecule has 0 aliphatic carbocycles. The molecule has 8 nitrogen and oxygen atoms in total. The summed E-state index contributed by atoms with van der Waals surface area (Å²) in [5, 5.41) is 4.76. The number of morpholine rings is 1. The summed E-state index contributed by atoms with van der Waals surface area (Å²) in [6.45, 7) is 16.6. The molecule has 34 heavy (non-hydrogen) atoms. The van der Waals surface area contributed by atoms with Crippen LogP contribution in [0.15, 0.2) is 6.33 Å². The minimum Gasteiger partial charge on any atom is -0.378 e. The third-order valence-electron chi connectivity index (χ3n) is 7.39. The van der Waals surface area contributed by atoms with Crippen LogP contribution in [0, 0.1) is 0 Å². The molecule has 5 heterocycles. The molecule has 0 aromatic carbocycles. The molecule has 9 heteroatoms. The summed E-state index contributed by atoms with van der Waals surface area (Å²) in [4.78, 5) is 20.4. The van der Waals surface area contributed by atoms with E-state index in [4.69, 9.17) is 19.4 Å². The fraction of sp³-hybridized carbons (Fsp3) is 0.640. The first-order valence-electron chi connectivity index (χ1n) is 12.6. The highest BCUT2D eigenvalue weighted by atomic mass is 32.1. The number of nitrogens with one attached hydrogen (secondary N) is 1. The van der Waals surface area contributed by atoms with Gasteiger partial charge in [0.2, 0.25) is 0 Å². The van der Waals surface area contributed by atoms with Crippen LogP contribution < -0.4 is 10.2 Å². The maximum absolute atomic E-state index is 6.39. The Labute approximate surface area is 205 Å². The van der Waals surface area contributed by atoms with Crippen molar-refractivity contribution in [3.8, 4) is 0 Å². The lowest BCUT2D eigenvalue weighted by molar-refractivity contribution is -0.0558. The van der Waals surface area contributed by atoms with E-state index in [1.807, 2.05) is 0 Å². The Hall–Kier alpha value is -2.07. The standard InChI is InChI=1S/C25H36N6O2S/c1-5-25(4)14-17-18(15-33-25)23(31-10-12-32-13-11-31)29-24-19(17)20-21(34-24)22(28-16-27-20)26-8-9-30(6-2)7-3/h16H,5-15H2,1-4H3,(H,26,27,28)/t25-/m1/s1. The van der Waals surface area contributed by atoms with Gasteiger partial charge in [-0.3, -0.25) is 0 Å². The molecular formula is C25H36N6O2S. The second-order valence-corrected chi connectivity index (χ2v) is 10.4. The van der Waals surface area contributed by atoms with Gasteiger partial charge >= 0.3 is 0 Å². The monoisotopic (exact) mass is 484 g/mol. The van der Waals surface area contributed by atoms with Gasteiger partial charge < -0.3 is 24.6 Å². The molecule has 5 rings (SSSR count). The summed E-state index contributed by atoms with van der Waals surface area (Å²) in [6, 6.07) is 0. The van der Waals surface area contributed by atoms with Crippen LogP contribution in [0.25, 0.3) is 20.4 Å². The molecule has 0 bridgehead atoms. The normalized spacial score (nSPS) is 20.9. The molecule has 0 amide bonds. The Morgan fingerprint density at radius 3 is 2.68 bits per heavy atom. The largest absolute Gasteiger partial charge is 0.378 e. The van der Waals surface area contributed by atoms with Gasteiger partial charge in [-0.2, -0.15) is 0 Å². The van der Waals surface area contributed by atoms with Gasteiger partial charge in [0, 0.05) is 43.5 Å². The van der Waals surface area contributed by atoms with Crippen molar-refractivity contribution >= 4 is 43.4 Å². The summed E-state index contributed by atoms with van der Waals surface area (Å²) in [7, 11) is 0. The van der Waals surface area contributed by atoms with E-state index in [-0.39, 0.29) is 5.60 Å². The van der Waals surface area contributed by atoms with Crippen molar-refractivity contribution in [2.75, 3.05) is 62.7 Å². The third-order valence-corrected chi connectivity index (χ3v) is 8.47. The number of thiophene rings is 1. The van der Waals surface area contributed by atoms with E-state index in [0.29, 0.717) is 6.61 Å². The molecule has 1 saturated heterocycles. The first-order chi connectivity index (χ1) is 16.6. The van der Waals surface area contributed by atoms with Crippen LogP contribution in [0.4, 0.5) is 11.6 Å². The Bertz CT molecular complexity index is 1160. The number of anilines is 2. The first-order valence-corrected chi connectivity index (χ1v) is 13.4. The maximum Gasteiger partial charge on any atom is 0.147 e. The Balaban J connectivity index is 1.60. The van der Waals surface area contributed by atoms with E-state index in [0.717, 1.165) is 92.0 Å². The molecule has 3 aromatic rings. The number of pyridine rings is 1. The highest BCUT2D eigenvalue weighted by molar-refractivity contribution is 7.26. The molecule has 0 spiro atoms. The van der Waals surface area contributed by atoms with Gasteiger partial charge in [0.1, 0.15) is 22.8 Å². The van der Waals surface area contributed by atoms with Gasteiger partial charge in [0.05, 0.1) is 35.6 Å². The van der Waals surface area contributed by atoms with Gasteiger partial charge in [-0.1, -0.05) is 20.8 Å². The van der Waals surface area contributed by atoms with E-state index in [2.05, 4.69) is 47.8 Å². The average molecular weight is 485 g/mol. The molecular weight excluding hydrogens is 448 g/mol. The van der Waals surface area contributed by atoms with E-state index in [9.17, 15) is 0 Å². The van der Waals surface area contributed by atoms with Crippen LogP contribution in [0.1, 0.15) is 45.2 Å². The number of rotatable bonds is 8. The van der Waals surface area contributed by atoms with Crippen LogP contribution >= 0.6 is 11.3 Å². The summed E-state index contributed by atoms with van der Waals surface area (Å²) < 4.78 is 13.1. The number of hydrogen-bond acceptors (Lipinski definition) is 9. The Kier molecular flexibility index (Phi) is 6.88. The molecule has 184 valence electrons. The second kappa shape index (κ2) is 9.89. The number of fused-ring (bicyclic) bond motifs is 5. The number of ether oxygens (including phenoxy) is 2. The van der Waals surface area contributed by atoms with Crippen molar-refractivity contribution in [2.45, 2.75) is 52.7 Å². The smallest absolute Gasteiger partial charge is 0.147 e. The van der Waals surface area contributed by atoms with Crippen molar-refractivity contribution in [3.63, 3.8) is 0 Å². The quantitative estimate of drug-likeness (QED) is 0.513. The molecule has 0 saturated carbocycles. The molecule has 1 fully saturated rings. The van der Waals surface area contributed by atoms with Gasteiger partial charge in [-0.05, 0) is 32.0 Å². The summed E-state index contributed by atoms with van der Waals surface area (Å²) in [6.07, 6.45) is 3.53. The summed E-state index contributed by atoms with van der Waals surface area (Å²) in [5.74, 6) is 1.96. The van der Waals surface area contributed by atoms with E-state index in [1.54, 1.807) is 17.7 Å². The highest BCUT2D eigenvalue weighted by Crippen LogP contribution is 2.44. The molecule has 1 N–H and O–H groups in total. The molecule has 1 atom stereocenters. The number of nitrogens with zero attached hydrogens (tertiary/aromatic N) is 5. The number of likely N-dealkylation sites (N-methyl/N-ethyl adjacent to an activating group) is 1. The Morgan fingerprint density at radius 1 is 1.15 bits per heavy atom. The number of hydrogen-bond donors (Lipinski definition) is 1. The SMILES string of the molecule is CCN(CC)CCNc1ncnc2c1sc1nc(N3CCOCC3)c3c(c12)C[C@@](C)(CC)OC3. The predicted molar refractivity (Wildman–Crippen MR) is 139 cm³/mol. The van der Waals surface area contributed by atoms with Crippen LogP contribution in [0.2, 0.25) is 0 Å². The molecule has 0 radical (unpaired) electrons. The lowest BCUT2D eigenvalue weighted by Gasteiger charge is -2.37. The zero-order valence-corrected chi connectivity index (χ0v) is 21.6. The fourth-order valence-corrected chi connectivity index (χ4v) is 6.10. The minimum absolute atomic E-state index is 0.171. The van der Waals surface area contributed by atoms with Crippen molar-refractivity contribution < 1.29 is 9.47 Å². The van der Waals surface area contributed by atoms with Gasteiger partial charge in [-0.25, -0.2) is 15.0 Å². The van der Waals surface area contributed by atoms with Gasteiger partial charge in [0.15, 0.2) is 0 Å². The summed E-state index contributed by atoms with van der Waals surface area (Å²) >= 11 is 1.71.